The lowest BCUT2D eigenvalue weighted by Gasteiger charge is -2.17. The SMILES string of the molecule is CCCCCCCCCCCCCCCCNC(=O)CCCCCC(C)(C)C. The maximum atomic E-state index is 11.8. The fourth-order valence-corrected chi connectivity index (χ4v) is 3.75. The molecule has 0 spiro atoms. The van der Waals surface area contributed by atoms with Crippen molar-refractivity contribution in [1.29, 1.82) is 0 Å². The van der Waals surface area contributed by atoms with Crippen molar-refractivity contribution in [2.24, 2.45) is 5.41 Å². The number of hydrogen-bond acceptors (Lipinski definition) is 1. The molecule has 0 saturated carbocycles. The molecule has 2 nitrogen and oxygen atoms in total. The zero-order chi connectivity index (χ0) is 20.9. The molecule has 0 saturated heterocycles. The van der Waals surface area contributed by atoms with Crippen LogP contribution in [0.5, 0.6) is 0 Å². The van der Waals surface area contributed by atoms with Crippen molar-refractivity contribution in [1.82, 2.24) is 5.32 Å². The summed E-state index contributed by atoms with van der Waals surface area (Å²) in [7, 11) is 0. The number of amides is 1. The lowest BCUT2D eigenvalue weighted by Crippen LogP contribution is -2.23. The molecule has 168 valence electrons. The first-order valence-electron chi connectivity index (χ1n) is 12.7. The van der Waals surface area contributed by atoms with Gasteiger partial charge in [0.15, 0.2) is 0 Å². The fourth-order valence-electron chi connectivity index (χ4n) is 3.75. The quantitative estimate of drug-likeness (QED) is 0.205. The summed E-state index contributed by atoms with van der Waals surface area (Å²) in [6.07, 6.45) is 24.8. The van der Waals surface area contributed by atoms with Crippen LogP contribution in [0.15, 0.2) is 0 Å². The number of carbonyl (C=O) groups excluding carboxylic acids is 1. The maximum Gasteiger partial charge on any atom is 0.219 e. The third-order valence-corrected chi connectivity index (χ3v) is 5.68. The Balaban J connectivity index is 3.17. The summed E-state index contributed by atoms with van der Waals surface area (Å²) in [4.78, 5) is 11.8. The Morgan fingerprint density at radius 2 is 1.04 bits per heavy atom. The van der Waals surface area contributed by atoms with Gasteiger partial charge >= 0.3 is 0 Å². The van der Waals surface area contributed by atoms with Crippen LogP contribution in [0.4, 0.5) is 0 Å². The van der Waals surface area contributed by atoms with E-state index in [0.29, 0.717) is 11.8 Å². The molecule has 0 radical (unpaired) electrons. The summed E-state index contributed by atoms with van der Waals surface area (Å²) in [5.41, 5.74) is 0.427. The van der Waals surface area contributed by atoms with Gasteiger partial charge in [-0.15, -0.1) is 0 Å². The number of carbonyl (C=O) groups is 1. The Hall–Kier alpha value is -0.530. The third-order valence-electron chi connectivity index (χ3n) is 5.68. The smallest absolute Gasteiger partial charge is 0.219 e. The zero-order valence-corrected chi connectivity index (χ0v) is 20.1. The van der Waals surface area contributed by atoms with Crippen LogP contribution in [0, 0.1) is 5.41 Å². The number of unbranched alkanes of at least 4 members (excludes halogenated alkanes) is 15. The van der Waals surface area contributed by atoms with Gasteiger partial charge in [-0.25, -0.2) is 0 Å². The molecule has 0 aliphatic rings. The van der Waals surface area contributed by atoms with E-state index in [1.54, 1.807) is 0 Å². The average Bonchev–Trinajstić information content (AvgIpc) is 2.63. The lowest BCUT2D eigenvalue weighted by molar-refractivity contribution is -0.121. The van der Waals surface area contributed by atoms with Gasteiger partial charge in [0.2, 0.25) is 5.91 Å². The monoisotopic (exact) mass is 395 g/mol. The predicted octanol–water partition coefficient (Wildman–Crippen LogP) is 8.58. The molecule has 0 aromatic rings. The molecule has 0 aliphatic heterocycles. The minimum atomic E-state index is 0.255. The number of nitrogens with one attached hydrogen (secondary N) is 1. The summed E-state index contributed by atoms with van der Waals surface area (Å²) in [5, 5.41) is 3.09. The van der Waals surface area contributed by atoms with E-state index in [2.05, 4.69) is 33.0 Å². The van der Waals surface area contributed by atoms with Crippen molar-refractivity contribution in [3.05, 3.63) is 0 Å². The number of rotatable bonds is 20. The molecule has 0 aromatic carbocycles. The summed E-state index contributed by atoms with van der Waals surface area (Å²) >= 11 is 0. The van der Waals surface area contributed by atoms with Gasteiger partial charge < -0.3 is 5.32 Å². The van der Waals surface area contributed by atoms with E-state index in [4.69, 9.17) is 0 Å². The second-order valence-corrected chi connectivity index (χ2v) is 10.1. The van der Waals surface area contributed by atoms with Crippen LogP contribution in [0.2, 0.25) is 0 Å². The van der Waals surface area contributed by atoms with Crippen LogP contribution in [-0.2, 0) is 4.79 Å². The first-order valence-corrected chi connectivity index (χ1v) is 12.7. The van der Waals surface area contributed by atoms with Gasteiger partial charge in [0.05, 0.1) is 0 Å². The second-order valence-electron chi connectivity index (χ2n) is 10.1. The summed E-state index contributed by atoms with van der Waals surface area (Å²) in [6.45, 7) is 10.0. The topological polar surface area (TPSA) is 29.1 Å². The Labute approximate surface area is 178 Å². The highest BCUT2D eigenvalue weighted by Crippen LogP contribution is 2.22. The molecule has 0 aromatic heterocycles. The maximum absolute atomic E-state index is 11.8. The fraction of sp³-hybridized carbons (Fsp3) is 0.962. The van der Waals surface area contributed by atoms with Crippen LogP contribution in [0.25, 0.3) is 0 Å². The highest BCUT2D eigenvalue weighted by molar-refractivity contribution is 5.75. The van der Waals surface area contributed by atoms with Crippen molar-refractivity contribution < 1.29 is 4.79 Å². The Morgan fingerprint density at radius 1 is 0.607 bits per heavy atom. The molecule has 0 bridgehead atoms. The molecule has 1 N–H and O–H groups in total. The van der Waals surface area contributed by atoms with Crippen molar-refractivity contribution >= 4 is 5.91 Å². The molecule has 0 fully saturated rings. The molecule has 1 amide bonds. The van der Waals surface area contributed by atoms with Crippen molar-refractivity contribution in [3.8, 4) is 0 Å². The van der Waals surface area contributed by atoms with Crippen LogP contribution in [-0.4, -0.2) is 12.5 Å². The highest BCUT2D eigenvalue weighted by Gasteiger charge is 2.09. The summed E-state index contributed by atoms with van der Waals surface area (Å²) in [6, 6.07) is 0. The Morgan fingerprint density at radius 3 is 1.50 bits per heavy atom. The van der Waals surface area contributed by atoms with E-state index < -0.39 is 0 Å². The van der Waals surface area contributed by atoms with Crippen molar-refractivity contribution in [2.45, 2.75) is 150 Å². The van der Waals surface area contributed by atoms with E-state index in [1.165, 1.54) is 103 Å². The van der Waals surface area contributed by atoms with Crippen molar-refractivity contribution in [3.63, 3.8) is 0 Å². The third kappa shape index (κ3) is 23.5. The van der Waals surface area contributed by atoms with Crippen LogP contribution >= 0.6 is 0 Å². The summed E-state index contributed by atoms with van der Waals surface area (Å²) in [5.74, 6) is 0.255. The Bertz CT molecular complexity index is 332. The van der Waals surface area contributed by atoms with E-state index >= 15 is 0 Å². The van der Waals surface area contributed by atoms with Crippen LogP contribution in [0.1, 0.15) is 150 Å². The Kier molecular flexibility index (Phi) is 19.4. The van der Waals surface area contributed by atoms with Gasteiger partial charge in [-0.3, -0.25) is 4.79 Å². The normalized spacial score (nSPS) is 11.7. The molecular weight excluding hydrogens is 342 g/mol. The van der Waals surface area contributed by atoms with Gasteiger partial charge in [-0.2, -0.15) is 0 Å². The molecule has 0 atom stereocenters. The van der Waals surface area contributed by atoms with Gasteiger partial charge in [-0.1, -0.05) is 124 Å². The van der Waals surface area contributed by atoms with E-state index in [-0.39, 0.29) is 5.91 Å². The van der Waals surface area contributed by atoms with Gasteiger partial charge in [0, 0.05) is 13.0 Å². The largest absolute Gasteiger partial charge is 0.356 e. The van der Waals surface area contributed by atoms with Crippen LogP contribution < -0.4 is 5.32 Å². The first kappa shape index (κ1) is 27.5. The molecule has 0 unspecified atom stereocenters. The molecule has 0 heterocycles. The molecule has 2 heteroatoms. The lowest BCUT2D eigenvalue weighted by atomic mass is 9.89. The average molecular weight is 396 g/mol. The van der Waals surface area contributed by atoms with Gasteiger partial charge in [0.1, 0.15) is 0 Å². The minimum Gasteiger partial charge on any atom is -0.356 e. The highest BCUT2D eigenvalue weighted by atomic mass is 16.1. The van der Waals surface area contributed by atoms with E-state index in [9.17, 15) is 4.79 Å². The molecular formula is C26H53NO. The van der Waals surface area contributed by atoms with E-state index in [0.717, 1.165) is 19.4 Å². The first-order chi connectivity index (χ1) is 13.5. The van der Waals surface area contributed by atoms with Crippen LogP contribution in [0.3, 0.4) is 0 Å². The molecule has 0 rings (SSSR count). The van der Waals surface area contributed by atoms with E-state index in [1.807, 2.05) is 0 Å². The second kappa shape index (κ2) is 19.8. The zero-order valence-electron chi connectivity index (χ0n) is 20.1. The number of hydrogen-bond donors (Lipinski definition) is 1. The summed E-state index contributed by atoms with van der Waals surface area (Å²) < 4.78 is 0. The van der Waals surface area contributed by atoms with Gasteiger partial charge in [0.25, 0.3) is 0 Å². The van der Waals surface area contributed by atoms with Crippen molar-refractivity contribution in [2.75, 3.05) is 6.54 Å². The molecule has 28 heavy (non-hydrogen) atoms. The molecule has 0 aliphatic carbocycles. The predicted molar refractivity (Wildman–Crippen MR) is 126 cm³/mol. The van der Waals surface area contributed by atoms with Gasteiger partial charge in [-0.05, 0) is 24.7 Å². The minimum absolute atomic E-state index is 0.255. The standard InChI is InChI=1S/C26H53NO/c1-5-6-7-8-9-10-11-12-13-14-15-16-17-21-24-27-25(28)22-19-18-20-23-26(2,3)4/h5-24H2,1-4H3,(H,27,28).